The Bertz CT molecular complexity index is 888. The van der Waals surface area contributed by atoms with Crippen LogP contribution in [0.25, 0.3) is 10.2 Å². The SMILES string of the molecule is Cc1cccc(C)c1NCC(=O)n1c(=O)sc2ccccc21. The van der Waals surface area contributed by atoms with E-state index in [1.165, 1.54) is 4.57 Å². The first-order valence-corrected chi connectivity index (χ1v) is 7.83. The largest absolute Gasteiger partial charge is 0.376 e. The highest BCUT2D eigenvalue weighted by atomic mass is 32.1. The van der Waals surface area contributed by atoms with Gasteiger partial charge in [0.25, 0.3) is 5.91 Å². The Labute approximate surface area is 132 Å². The average molecular weight is 312 g/mol. The van der Waals surface area contributed by atoms with Gasteiger partial charge in [-0.2, -0.15) is 0 Å². The molecule has 0 unspecified atom stereocenters. The normalized spacial score (nSPS) is 10.8. The molecule has 22 heavy (non-hydrogen) atoms. The lowest BCUT2D eigenvalue weighted by molar-refractivity contribution is 0.0931. The number of carbonyl (C=O) groups is 1. The van der Waals surface area contributed by atoms with E-state index in [1.54, 1.807) is 6.07 Å². The highest BCUT2D eigenvalue weighted by molar-refractivity contribution is 7.16. The summed E-state index contributed by atoms with van der Waals surface area (Å²) in [6.07, 6.45) is 0. The molecule has 3 aromatic rings. The second kappa shape index (κ2) is 5.77. The first-order valence-electron chi connectivity index (χ1n) is 7.02. The third kappa shape index (κ3) is 2.55. The van der Waals surface area contributed by atoms with Crippen LogP contribution in [-0.4, -0.2) is 17.0 Å². The molecule has 3 rings (SSSR count). The van der Waals surface area contributed by atoms with Crippen LogP contribution in [0.3, 0.4) is 0 Å². The number of anilines is 1. The monoisotopic (exact) mass is 312 g/mol. The minimum atomic E-state index is -0.245. The summed E-state index contributed by atoms with van der Waals surface area (Å²) in [6, 6.07) is 13.3. The minimum Gasteiger partial charge on any atom is -0.376 e. The Kier molecular flexibility index (Phi) is 3.81. The van der Waals surface area contributed by atoms with Crippen LogP contribution in [0.1, 0.15) is 15.9 Å². The Morgan fingerprint density at radius 2 is 1.77 bits per heavy atom. The zero-order valence-corrected chi connectivity index (χ0v) is 13.2. The zero-order valence-electron chi connectivity index (χ0n) is 12.4. The Balaban J connectivity index is 1.88. The van der Waals surface area contributed by atoms with Crippen LogP contribution in [0.2, 0.25) is 0 Å². The summed E-state index contributed by atoms with van der Waals surface area (Å²) in [5, 5.41) is 3.16. The maximum absolute atomic E-state index is 12.4. The summed E-state index contributed by atoms with van der Waals surface area (Å²) in [5.41, 5.74) is 3.78. The lowest BCUT2D eigenvalue weighted by Crippen LogP contribution is -2.28. The molecule has 0 atom stereocenters. The summed E-state index contributed by atoms with van der Waals surface area (Å²) >= 11 is 1.09. The molecule has 0 saturated carbocycles. The fourth-order valence-corrected chi connectivity index (χ4v) is 3.43. The first-order chi connectivity index (χ1) is 10.6. The number of rotatable bonds is 3. The summed E-state index contributed by atoms with van der Waals surface area (Å²) in [7, 11) is 0. The lowest BCUT2D eigenvalue weighted by atomic mass is 10.1. The molecule has 4 nitrogen and oxygen atoms in total. The van der Waals surface area contributed by atoms with Gasteiger partial charge in [-0.1, -0.05) is 41.7 Å². The molecule has 0 radical (unpaired) electrons. The summed E-state index contributed by atoms with van der Waals surface area (Å²) in [6.45, 7) is 4.07. The molecule has 0 aliphatic carbocycles. The number of aryl methyl sites for hydroxylation is 2. The molecule has 0 saturated heterocycles. The maximum atomic E-state index is 12.4. The van der Waals surface area contributed by atoms with Gasteiger partial charge in [0.05, 0.1) is 16.8 Å². The van der Waals surface area contributed by atoms with E-state index in [9.17, 15) is 9.59 Å². The molecule has 1 N–H and O–H groups in total. The summed E-state index contributed by atoms with van der Waals surface area (Å²) in [4.78, 5) is 24.3. The number of nitrogens with zero attached hydrogens (tertiary/aromatic N) is 1. The van der Waals surface area contributed by atoms with Crippen molar-refractivity contribution in [1.82, 2.24) is 4.57 Å². The number of carbonyl (C=O) groups excluding carboxylic acids is 1. The van der Waals surface area contributed by atoms with Crippen LogP contribution in [0, 0.1) is 13.8 Å². The molecule has 0 fully saturated rings. The quantitative estimate of drug-likeness (QED) is 0.806. The van der Waals surface area contributed by atoms with Crippen LogP contribution < -0.4 is 10.2 Å². The molecule has 5 heteroatoms. The molecule has 0 amide bonds. The van der Waals surface area contributed by atoms with Crippen LogP contribution in [0.5, 0.6) is 0 Å². The van der Waals surface area contributed by atoms with E-state index in [4.69, 9.17) is 0 Å². The van der Waals surface area contributed by atoms with E-state index < -0.39 is 0 Å². The lowest BCUT2D eigenvalue weighted by Gasteiger charge is -2.12. The number of hydrogen-bond donors (Lipinski definition) is 1. The van der Waals surface area contributed by atoms with E-state index >= 15 is 0 Å². The van der Waals surface area contributed by atoms with Gasteiger partial charge in [-0.15, -0.1) is 0 Å². The van der Waals surface area contributed by atoms with Crippen LogP contribution in [0.4, 0.5) is 5.69 Å². The number of fused-ring (bicyclic) bond motifs is 1. The molecule has 0 aliphatic heterocycles. The molecule has 0 aliphatic rings. The molecule has 1 heterocycles. The molecule has 2 aromatic carbocycles. The van der Waals surface area contributed by atoms with Crippen LogP contribution >= 0.6 is 11.3 Å². The van der Waals surface area contributed by atoms with Crippen molar-refractivity contribution in [2.75, 3.05) is 11.9 Å². The highest BCUT2D eigenvalue weighted by Gasteiger charge is 2.14. The average Bonchev–Trinajstić information content (AvgIpc) is 2.82. The number of aromatic nitrogens is 1. The Hall–Kier alpha value is -2.40. The van der Waals surface area contributed by atoms with Gasteiger partial charge < -0.3 is 5.32 Å². The predicted octanol–water partition coefficient (Wildman–Crippen LogP) is 3.43. The van der Waals surface area contributed by atoms with E-state index in [1.807, 2.05) is 50.2 Å². The van der Waals surface area contributed by atoms with Crippen molar-refractivity contribution in [2.24, 2.45) is 0 Å². The van der Waals surface area contributed by atoms with E-state index in [2.05, 4.69) is 5.32 Å². The fourth-order valence-electron chi connectivity index (χ4n) is 2.54. The van der Waals surface area contributed by atoms with Gasteiger partial charge >= 0.3 is 4.87 Å². The second-order valence-corrected chi connectivity index (χ2v) is 6.18. The molecule has 112 valence electrons. The minimum absolute atomic E-state index is 0.0896. The van der Waals surface area contributed by atoms with Crippen molar-refractivity contribution in [2.45, 2.75) is 13.8 Å². The summed E-state index contributed by atoms with van der Waals surface area (Å²) < 4.78 is 2.08. The Morgan fingerprint density at radius 3 is 2.50 bits per heavy atom. The van der Waals surface area contributed by atoms with Gasteiger partial charge in [-0.25, -0.2) is 4.57 Å². The maximum Gasteiger partial charge on any atom is 0.315 e. The van der Waals surface area contributed by atoms with Gasteiger partial charge in [0, 0.05) is 5.69 Å². The first kappa shape index (κ1) is 14.5. The van der Waals surface area contributed by atoms with Crippen LogP contribution in [-0.2, 0) is 0 Å². The smallest absolute Gasteiger partial charge is 0.315 e. The van der Waals surface area contributed by atoms with Crippen LogP contribution in [0.15, 0.2) is 47.3 Å². The number of para-hydroxylation sites is 2. The molecule has 0 bridgehead atoms. The molecule has 0 spiro atoms. The molecule has 1 aromatic heterocycles. The van der Waals surface area contributed by atoms with Gasteiger partial charge in [-0.3, -0.25) is 9.59 Å². The summed E-state index contributed by atoms with van der Waals surface area (Å²) in [5.74, 6) is -0.245. The Morgan fingerprint density at radius 1 is 1.09 bits per heavy atom. The van der Waals surface area contributed by atoms with E-state index in [-0.39, 0.29) is 17.3 Å². The van der Waals surface area contributed by atoms with E-state index in [0.717, 1.165) is 32.9 Å². The van der Waals surface area contributed by atoms with Crippen molar-refractivity contribution in [3.63, 3.8) is 0 Å². The highest BCUT2D eigenvalue weighted by Crippen LogP contribution is 2.20. The van der Waals surface area contributed by atoms with Crippen molar-refractivity contribution in [1.29, 1.82) is 0 Å². The molecular weight excluding hydrogens is 296 g/mol. The molecular formula is C17H16N2O2S. The second-order valence-electron chi connectivity index (χ2n) is 5.19. The fraction of sp³-hybridized carbons (Fsp3) is 0.176. The van der Waals surface area contributed by atoms with Crippen molar-refractivity contribution < 1.29 is 4.79 Å². The number of hydrogen-bond acceptors (Lipinski definition) is 4. The van der Waals surface area contributed by atoms with E-state index in [0.29, 0.717) is 5.52 Å². The third-order valence-electron chi connectivity index (χ3n) is 3.63. The van der Waals surface area contributed by atoms with Gasteiger partial charge in [0.15, 0.2) is 0 Å². The number of benzene rings is 2. The van der Waals surface area contributed by atoms with Crippen molar-refractivity contribution in [3.05, 3.63) is 63.3 Å². The number of nitrogens with one attached hydrogen (secondary N) is 1. The van der Waals surface area contributed by atoms with Gasteiger partial charge in [0.1, 0.15) is 0 Å². The zero-order chi connectivity index (χ0) is 15.7. The topological polar surface area (TPSA) is 51.1 Å². The van der Waals surface area contributed by atoms with Gasteiger partial charge in [0.2, 0.25) is 0 Å². The standard InChI is InChI=1S/C17H16N2O2S/c1-11-6-5-7-12(2)16(11)18-10-15(20)19-13-8-3-4-9-14(13)22-17(19)21/h3-9,18H,10H2,1-2H3. The van der Waals surface area contributed by atoms with Crippen molar-refractivity contribution >= 4 is 33.1 Å². The third-order valence-corrected chi connectivity index (χ3v) is 4.56. The van der Waals surface area contributed by atoms with Gasteiger partial charge in [-0.05, 0) is 37.1 Å². The van der Waals surface area contributed by atoms with Crippen molar-refractivity contribution in [3.8, 4) is 0 Å². The predicted molar refractivity (Wildman–Crippen MR) is 91.1 cm³/mol. The number of thiazole rings is 1.